The summed E-state index contributed by atoms with van der Waals surface area (Å²) in [5, 5.41) is 6.86. The van der Waals surface area contributed by atoms with Gasteiger partial charge >= 0.3 is 0 Å². The van der Waals surface area contributed by atoms with E-state index in [4.69, 9.17) is 26.1 Å². The van der Waals surface area contributed by atoms with Crippen molar-refractivity contribution in [1.82, 2.24) is 25.2 Å². The van der Waals surface area contributed by atoms with Crippen molar-refractivity contribution in [1.29, 1.82) is 0 Å². The van der Waals surface area contributed by atoms with Crippen LogP contribution in [0.15, 0.2) is 30.5 Å². The molecule has 2 aromatic heterocycles. The number of aromatic nitrogens is 3. The fraction of sp³-hybridized carbons (Fsp3) is 0.435. The highest BCUT2D eigenvalue weighted by Gasteiger charge is 2.20. The van der Waals surface area contributed by atoms with E-state index in [9.17, 15) is 4.79 Å². The van der Waals surface area contributed by atoms with Gasteiger partial charge in [0.2, 0.25) is 0 Å². The Labute approximate surface area is 197 Å². The first-order valence-electron chi connectivity index (χ1n) is 11.0. The number of nitrogens with one attached hydrogen (secondary N) is 3. The van der Waals surface area contributed by atoms with Gasteiger partial charge < -0.3 is 30.0 Å². The van der Waals surface area contributed by atoms with Crippen molar-refractivity contribution in [3.8, 4) is 17.1 Å². The lowest BCUT2D eigenvalue weighted by Gasteiger charge is -2.30. The van der Waals surface area contributed by atoms with Gasteiger partial charge in [0.25, 0.3) is 5.91 Å². The first-order valence-corrected chi connectivity index (χ1v) is 11.4. The topological polar surface area (TPSA) is 104 Å². The number of halogens is 1. The van der Waals surface area contributed by atoms with Crippen LogP contribution < -0.4 is 15.4 Å². The molecule has 1 fully saturated rings. The van der Waals surface area contributed by atoms with Crippen molar-refractivity contribution in [2.24, 2.45) is 0 Å². The third-order valence-electron chi connectivity index (χ3n) is 5.66. The number of piperidine rings is 1. The van der Waals surface area contributed by atoms with E-state index >= 15 is 0 Å². The number of hydrogen-bond donors (Lipinski definition) is 3. The summed E-state index contributed by atoms with van der Waals surface area (Å²) in [6, 6.07) is 7.75. The molecular formula is C23H29ClN6O3. The molecule has 0 saturated carbocycles. The van der Waals surface area contributed by atoms with Crippen LogP contribution in [0.25, 0.3) is 22.6 Å². The van der Waals surface area contributed by atoms with E-state index in [1.165, 1.54) is 0 Å². The molecular weight excluding hydrogens is 444 g/mol. The number of ether oxygens (including phenoxy) is 2. The molecule has 0 unspecified atom stereocenters. The number of nitrogens with zero attached hydrogens (tertiary/aromatic N) is 3. The van der Waals surface area contributed by atoms with Crippen LogP contribution in [0.3, 0.4) is 0 Å². The first kappa shape index (κ1) is 23.3. The molecule has 1 saturated heterocycles. The van der Waals surface area contributed by atoms with E-state index in [1.54, 1.807) is 13.3 Å². The fourth-order valence-corrected chi connectivity index (χ4v) is 3.96. The molecule has 33 heavy (non-hydrogen) atoms. The molecule has 0 atom stereocenters. The SMILES string of the molecule is COCCNC(=O)COc1ccc(-c2nc3c(NC4CCN(C)CC4)c(Cl)cnc3[nH]2)cc1. The van der Waals surface area contributed by atoms with Gasteiger partial charge in [0.1, 0.15) is 17.1 Å². The number of carbonyl (C=O) groups is 1. The summed E-state index contributed by atoms with van der Waals surface area (Å²) in [7, 11) is 3.73. The molecule has 3 N–H and O–H groups in total. The zero-order valence-corrected chi connectivity index (χ0v) is 19.6. The van der Waals surface area contributed by atoms with Crippen molar-refractivity contribution < 1.29 is 14.3 Å². The molecule has 0 spiro atoms. The van der Waals surface area contributed by atoms with Gasteiger partial charge in [0.15, 0.2) is 12.3 Å². The maximum absolute atomic E-state index is 11.8. The van der Waals surface area contributed by atoms with Crippen LogP contribution in [-0.4, -0.2) is 78.8 Å². The lowest BCUT2D eigenvalue weighted by Crippen LogP contribution is -2.36. The molecule has 0 bridgehead atoms. The van der Waals surface area contributed by atoms with Crippen molar-refractivity contribution in [2.45, 2.75) is 18.9 Å². The van der Waals surface area contributed by atoms with E-state index in [0.29, 0.717) is 41.4 Å². The largest absolute Gasteiger partial charge is 0.484 e. The predicted octanol–water partition coefficient (Wildman–Crippen LogP) is 2.93. The number of amides is 1. The van der Waals surface area contributed by atoms with Crippen LogP contribution >= 0.6 is 11.6 Å². The summed E-state index contributed by atoms with van der Waals surface area (Å²) >= 11 is 6.48. The van der Waals surface area contributed by atoms with Gasteiger partial charge in [0.05, 0.1) is 23.5 Å². The highest BCUT2D eigenvalue weighted by atomic mass is 35.5. The van der Waals surface area contributed by atoms with Crippen LogP contribution in [0.2, 0.25) is 5.02 Å². The average Bonchev–Trinajstić information content (AvgIpc) is 3.26. The number of likely N-dealkylation sites (tertiary alicyclic amines) is 1. The molecule has 9 nitrogen and oxygen atoms in total. The van der Waals surface area contributed by atoms with Crippen molar-refractivity contribution in [2.75, 3.05) is 52.3 Å². The maximum atomic E-state index is 11.8. The van der Waals surface area contributed by atoms with E-state index in [-0.39, 0.29) is 12.5 Å². The van der Waals surface area contributed by atoms with Crippen LogP contribution in [0, 0.1) is 0 Å². The summed E-state index contributed by atoms with van der Waals surface area (Å²) in [4.78, 5) is 26.6. The summed E-state index contributed by atoms with van der Waals surface area (Å²) in [5.41, 5.74) is 3.10. The van der Waals surface area contributed by atoms with Crippen molar-refractivity contribution in [3.63, 3.8) is 0 Å². The molecule has 0 aliphatic carbocycles. The van der Waals surface area contributed by atoms with Gasteiger partial charge in [-0.1, -0.05) is 11.6 Å². The molecule has 1 aromatic carbocycles. The van der Waals surface area contributed by atoms with E-state index in [2.05, 4.69) is 32.5 Å². The zero-order chi connectivity index (χ0) is 23.2. The number of imidazole rings is 1. The van der Waals surface area contributed by atoms with E-state index in [0.717, 1.165) is 42.7 Å². The highest BCUT2D eigenvalue weighted by Crippen LogP contribution is 2.32. The first-order chi connectivity index (χ1) is 16.0. The second-order valence-corrected chi connectivity index (χ2v) is 8.55. The quantitative estimate of drug-likeness (QED) is 0.411. The normalized spacial score (nSPS) is 15.0. The van der Waals surface area contributed by atoms with E-state index in [1.807, 2.05) is 24.3 Å². The monoisotopic (exact) mass is 472 g/mol. The second kappa shape index (κ2) is 10.8. The minimum absolute atomic E-state index is 0.0535. The molecule has 10 heteroatoms. The molecule has 1 aliphatic heterocycles. The fourth-order valence-electron chi connectivity index (χ4n) is 3.76. The number of carbonyl (C=O) groups excluding carboxylic acids is 1. The van der Waals surface area contributed by atoms with Gasteiger partial charge in [-0.2, -0.15) is 0 Å². The summed E-state index contributed by atoms with van der Waals surface area (Å²) < 4.78 is 10.5. The lowest BCUT2D eigenvalue weighted by molar-refractivity contribution is -0.123. The maximum Gasteiger partial charge on any atom is 0.258 e. The Hall–Kier alpha value is -2.88. The number of fused-ring (bicyclic) bond motifs is 1. The third kappa shape index (κ3) is 5.93. The average molecular weight is 473 g/mol. The number of anilines is 1. The molecule has 3 heterocycles. The Bertz CT molecular complexity index is 1080. The Morgan fingerprint density at radius 2 is 2.03 bits per heavy atom. The second-order valence-electron chi connectivity index (χ2n) is 8.14. The van der Waals surface area contributed by atoms with Gasteiger partial charge in [-0.3, -0.25) is 4.79 Å². The molecule has 4 rings (SSSR count). The number of methoxy groups -OCH3 is 1. The van der Waals surface area contributed by atoms with Crippen LogP contribution in [0.4, 0.5) is 5.69 Å². The van der Waals surface area contributed by atoms with Crippen molar-refractivity contribution in [3.05, 3.63) is 35.5 Å². The van der Waals surface area contributed by atoms with Crippen LogP contribution in [0.1, 0.15) is 12.8 Å². The van der Waals surface area contributed by atoms with Gasteiger partial charge in [-0.25, -0.2) is 9.97 Å². The van der Waals surface area contributed by atoms with E-state index < -0.39 is 0 Å². The predicted molar refractivity (Wildman–Crippen MR) is 129 cm³/mol. The van der Waals surface area contributed by atoms with Gasteiger partial charge in [-0.05, 0) is 57.2 Å². The molecule has 1 amide bonds. The third-order valence-corrected chi connectivity index (χ3v) is 5.95. The van der Waals surface area contributed by atoms with Crippen LogP contribution in [-0.2, 0) is 9.53 Å². The smallest absolute Gasteiger partial charge is 0.258 e. The number of H-pyrrole nitrogens is 1. The summed E-state index contributed by atoms with van der Waals surface area (Å²) in [6.45, 7) is 2.98. The molecule has 176 valence electrons. The Balaban J connectivity index is 1.44. The summed E-state index contributed by atoms with van der Waals surface area (Å²) in [6.07, 6.45) is 3.76. The van der Waals surface area contributed by atoms with Gasteiger partial charge in [-0.15, -0.1) is 0 Å². The minimum Gasteiger partial charge on any atom is -0.484 e. The Morgan fingerprint density at radius 1 is 1.27 bits per heavy atom. The lowest BCUT2D eigenvalue weighted by atomic mass is 10.1. The number of pyridine rings is 1. The molecule has 0 radical (unpaired) electrons. The number of benzene rings is 1. The summed E-state index contributed by atoms with van der Waals surface area (Å²) in [5.74, 6) is 1.10. The minimum atomic E-state index is -0.194. The zero-order valence-electron chi connectivity index (χ0n) is 18.9. The highest BCUT2D eigenvalue weighted by molar-refractivity contribution is 6.34. The molecule has 3 aromatic rings. The van der Waals surface area contributed by atoms with Crippen LogP contribution in [0.5, 0.6) is 5.75 Å². The number of rotatable bonds is 9. The van der Waals surface area contributed by atoms with Crippen molar-refractivity contribution >= 4 is 34.4 Å². The van der Waals surface area contributed by atoms with Gasteiger partial charge in [0, 0.05) is 25.3 Å². The standard InChI is InChI=1S/C23H29ClN6O3/c1-30-10-7-16(8-11-30)27-20-18(24)13-26-23-21(20)28-22(29-23)15-3-5-17(6-4-15)33-14-19(31)25-9-12-32-2/h3-6,13,16H,7-12,14H2,1-2H3,(H,25,31)(H2,26,27,28,29). The molecule has 1 aliphatic rings. The number of aromatic amines is 1. The Morgan fingerprint density at radius 3 is 2.76 bits per heavy atom. The number of hydrogen-bond acceptors (Lipinski definition) is 7. The Kier molecular flexibility index (Phi) is 7.64.